The van der Waals surface area contributed by atoms with Crippen LogP contribution in [-0.2, 0) is 9.84 Å². The number of rotatable bonds is 4. The van der Waals surface area contributed by atoms with Gasteiger partial charge in [0.1, 0.15) is 0 Å². The minimum atomic E-state index is -3.05. The predicted molar refractivity (Wildman–Crippen MR) is 91.9 cm³/mol. The van der Waals surface area contributed by atoms with E-state index in [0.29, 0.717) is 31.0 Å². The standard InChI is InChI=1S/C16H18N4O3S/c1-24(22,23)13-9-10-20(11-13)15-8-7-14(18-19-15)16(21)17-12-5-3-2-4-6-12/h2-8,13H,9-11H2,1H3,(H,17,21). The largest absolute Gasteiger partial charge is 0.354 e. The van der Waals surface area contributed by atoms with Crippen LogP contribution in [0.1, 0.15) is 16.9 Å². The lowest BCUT2D eigenvalue weighted by Gasteiger charge is -2.16. The van der Waals surface area contributed by atoms with Crippen molar-refractivity contribution in [1.29, 1.82) is 0 Å². The van der Waals surface area contributed by atoms with Gasteiger partial charge in [-0.05, 0) is 30.7 Å². The molecule has 1 unspecified atom stereocenters. The van der Waals surface area contributed by atoms with E-state index in [4.69, 9.17) is 0 Å². The van der Waals surface area contributed by atoms with E-state index >= 15 is 0 Å². The molecule has 8 heteroatoms. The number of hydrogen-bond acceptors (Lipinski definition) is 6. The molecule has 1 aliphatic heterocycles. The number of aromatic nitrogens is 2. The summed E-state index contributed by atoms with van der Waals surface area (Å²) in [6, 6.07) is 12.4. The summed E-state index contributed by atoms with van der Waals surface area (Å²) in [5.74, 6) is 0.244. The van der Waals surface area contributed by atoms with E-state index in [2.05, 4.69) is 15.5 Å². The summed E-state index contributed by atoms with van der Waals surface area (Å²) in [4.78, 5) is 14.0. The van der Waals surface area contributed by atoms with E-state index in [1.807, 2.05) is 23.1 Å². The fraction of sp³-hybridized carbons (Fsp3) is 0.312. The maximum Gasteiger partial charge on any atom is 0.276 e. The number of nitrogens with zero attached hydrogens (tertiary/aromatic N) is 3. The number of amides is 1. The highest BCUT2D eigenvalue weighted by molar-refractivity contribution is 7.91. The van der Waals surface area contributed by atoms with E-state index in [1.54, 1.807) is 24.3 Å². The summed E-state index contributed by atoms with van der Waals surface area (Å²) in [5, 5.41) is 10.4. The number of sulfone groups is 1. The van der Waals surface area contributed by atoms with Gasteiger partial charge in [-0.3, -0.25) is 4.79 Å². The topological polar surface area (TPSA) is 92.3 Å². The number of benzene rings is 1. The van der Waals surface area contributed by atoms with Crippen LogP contribution in [0.25, 0.3) is 0 Å². The maximum atomic E-state index is 12.1. The second-order valence-corrected chi connectivity index (χ2v) is 8.11. The van der Waals surface area contributed by atoms with Crippen molar-refractivity contribution < 1.29 is 13.2 Å². The number of carbonyl (C=O) groups is 1. The van der Waals surface area contributed by atoms with Gasteiger partial charge in [0.05, 0.1) is 5.25 Å². The summed E-state index contributed by atoms with van der Waals surface area (Å²) >= 11 is 0. The van der Waals surface area contributed by atoms with E-state index in [0.717, 1.165) is 0 Å². The average molecular weight is 346 g/mol. The van der Waals surface area contributed by atoms with Gasteiger partial charge < -0.3 is 10.2 Å². The molecule has 0 spiro atoms. The summed E-state index contributed by atoms with van der Waals surface area (Å²) in [5.41, 5.74) is 0.894. The molecule has 1 amide bonds. The lowest BCUT2D eigenvalue weighted by molar-refractivity contribution is 0.102. The van der Waals surface area contributed by atoms with Crippen LogP contribution in [0, 0.1) is 0 Å². The van der Waals surface area contributed by atoms with Crippen molar-refractivity contribution in [3.05, 3.63) is 48.2 Å². The van der Waals surface area contributed by atoms with Crippen LogP contribution in [0.5, 0.6) is 0 Å². The molecule has 1 saturated heterocycles. The molecule has 24 heavy (non-hydrogen) atoms. The SMILES string of the molecule is CS(=O)(=O)C1CCN(c2ccc(C(=O)Nc3ccccc3)nn2)C1. The normalized spacial score (nSPS) is 17.7. The van der Waals surface area contributed by atoms with Crippen LogP contribution in [0.3, 0.4) is 0 Å². The van der Waals surface area contributed by atoms with E-state index < -0.39 is 9.84 Å². The van der Waals surface area contributed by atoms with Crippen LogP contribution in [-0.4, -0.2) is 49.1 Å². The van der Waals surface area contributed by atoms with Crippen molar-refractivity contribution in [3.8, 4) is 0 Å². The maximum absolute atomic E-state index is 12.1. The van der Waals surface area contributed by atoms with Gasteiger partial charge in [0, 0.05) is 25.0 Å². The molecule has 1 aliphatic rings. The highest BCUT2D eigenvalue weighted by Gasteiger charge is 2.30. The Bertz CT molecular complexity index is 822. The van der Waals surface area contributed by atoms with Crippen LogP contribution >= 0.6 is 0 Å². The van der Waals surface area contributed by atoms with Crippen molar-refractivity contribution in [1.82, 2.24) is 10.2 Å². The molecule has 1 aromatic heterocycles. The van der Waals surface area contributed by atoms with E-state index in [-0.39, 0.29) is 16.9 Å². The molecule has 1 aromatic carbocycles. The van der Waals surface area contributed by atoms with Crippen LogP contribution < -0.4 is 10.2 Å². The van der Waals surface area contributed by atoms with Crippen LogP contribution in [0.4, 0.5) is 11.5 Å². The Hall–Kier alpha value is -2.48. The number of hydrogen-bond donors (Lipinski definition) is 1. The van der Waals surface area contributed by atoms with Crippen molar-refractivity contribution in [2.24, 2.45) is 0 Å². The van der Waals surface area contributed by atoms with Crippen molar-refractivity contribution in [2.75, 3.05) is 29.6 Å². The summed E-state index contributed by atoms with van der Waals surface area (Å²) in [7, 11) is -3.05. The van der Waals surface area contributed by atoms with E-state index in [1.165, 1.54) is 6.26 Å². The van der Waals surface area contributed by atoms with E-state index in [9.17, 15) is 13.2 Å². The lowest BCUT2D eigenvalue weighted by Crippen LogP contribution is -2.27. The molecular formula is C16H18N4O3S. The van der Waals surface area contributed by atoms with Gasteiger partial charge in [0.15, 0.2) is 21.3 Å². The first-order valence-corrected chi connectivity index (χ1v) is 9.53. The molecule has 1 N–H and O–H groups in total. The highest BCUT2D eigenvalue weighted by Crippen LogP contribution is 2.21. The lowest BCUT2D eigenvalue weighted by atomic mass is 10.3. The Labute approximate surface area is 140 Å². The van der Waals surface area contributed by atoms with Crippen molar-refractivity contribution >= 4 is 27.2 Å². The minimum Gasteiger partial charge on any atom is -0.354 e. The fourth-order valence-corrected chi connectivity index (χ4v) is 3.60. The first kappa shape index (κ1) is 16.4. The third-order valence-corrected chi connectivity index (χ3v) is 5.59. The van der Waals surface area contributed by atoms with Gasteiger partial charge in [-0.15, -0.1) is 10.2 Å². The monoisotopic (exact) mass is 346 g/mol. The molecule has 0 bridgehead atoms. The van der Waals surface area contributed by atoms with Crippen molar-refractivity contribution in [2.45, 2.75) is 11.7 Å². The number of carbonyl (C=O) groups excluding carboxylic acids is 1. The second-order valence-electron chi connectivity index (χ2n) is 5.78. The Balaban J connectivity index is 1.67. The third kappa shape index (κ3) is 3.70. The average Bonchev–Trinajstić information content (AvgIpc) is 3.06. The molecule has 2 aromatic rings. The molecule has 7 nitrogen and oxygen atoms in total. The van der Waals surface area contributed by atoms with Gasteiger partial charge in [-0.2, -0.15) is 0 Å². The number of anilines is 2. The third-order valence-electron chi connectivity index (χ3n) is 3.99. The molecule has 0 saturated carbocycles. The van der Waals surface area contributed by atoms with Gasteiger partial charge in [-0.25, -0.2) is 8.42 Å². The zero-order chi connectivity index (χ0) is 17.2. The predicted octanol–water partition coefficient (Wildman–Crippen LogP) is 1.35. The molecule has 2 heterocycles. The summed E-state index contributed by atoms with van der Waals surface area (Å²) in [6.07, 6.45) is 1.83. The Morgan fingerprint density at radius 3 is 2.50 bits per heavy atom. The first-order chi connectivity index (χ1) is 11.4. The van der Waals surface area contributed by atoms with Gasteiger partial charge in [0.25, 0.3) is 5.91 Å². The molecule has 0 aliphatic carbocycles. The number of para-hydroxylation sites is 1. The molecule has 0 radical (unpaired) electrons. The fourth-order valence-electron chi connectivity index (χ4n) is 2.62. The molecular weight excluding hydrogens is 328 g/mol. The molecule has 3 rings (SSSR count). The Kier molecular flexibility index (Phi) is 4.48. The van der Waals surface area contributed by atoms with Crippen LogP contribution in [0.15, 0.2) is 42.5 Å². The zero-order valence-electron chi connectivity index (χ0n) is 13.2. The van der Waals surface area contributed by atoms with Crippen LogP contribution in [0.2, 0.25) is 0 Å². The Morgan fingerprint density at radius 1 is 1.17 bits per heavy atom. The first-order valence-electron chi connectivity index (χ1n) is 7.57. The number of nitrogens with one attached hydrogen (secondary N) is 1. The van der Waals surface area contributed by atoms with Gasteiger partial charge in [-0.1, -0.05) is 18.2 Å². The van der Waals surface area contributed by atoms with Crippen molar-refractivity contribution in [3.63, 3.8) is 0 Å². The summed E-state index contributed by atoms with van der Waals surface area (Å²) < 4.78 is 23.2. The second kappa shape index (κ2) is 6.56. The van der Waals surface area contributed by atoms with Gasteiger partial charge >= 0.3 is 0 Å². The minimum absolute atomic E-state index is 0.210. The molecule has 1 atom stereocenters. The zero-order valence-corrected chi connectivity index (χ0v) is 14.0. The molecule has 1 fully saturated rings. The highest BCUT2D eigenvalue weighted by atomic mass is 32.2. The summed E-state index contributed by atoms with van der Waals surface area (Å²) in [6.45, 7) is 1.02. The Morgan fingerprint density at radius 2 is 1.92 bits per heavy atom. The molecule has 126 valence electrons. The smallest absolute Gasteiger partial charge is 0.276 e. The quantitative estimate of drug-likeness (QED) is 0.898. The van der Waals surface area contributed by atoms with Gasteiger partial charge in [0.2, 0.25) is 0 Å².